The van der Waals surface area contributed by atoms with Gasteiger partial charge in [-0.2, -0.15) is 0 Å². The summed E-state index contributed by atoms with van der Waals surface area (Å²) in [6.07, 6.45) is 1.43. The molecule has 2 heteroatoms. The first-order valence-electron chi connectivity index (χ1n) is 3.29. The van der Waals surface area contributed by atoms with Gasteiger partial charge in [-0.25, -0.2) is 0 Å². The van der Waals surface area contributed by atoms with E-state index in [1.165, 1.54) is 6.08 Å². The van der Waals surface area contributed by atoms with Gasteiger partial charge in [-0.05, 0) is 18.4 Å². The maximum atomic E-state index is 9.37. The Balaban J connectivity index is 3.26. The Morgan fingerprint density at radius 1 is 1.55 bits per heavy atom. The van der Waals surface area contributed by atoms with Crippen LogP contribution in [0.2, 0.25) is 0 Å². The zero-order valence-electron chi connectivity index (χ0n) is 6.26. The van der Waals surface area contributed by atoms with Crippen molar-refractivity contribution < 1.29 is 5.11 Å². The van der Waals surface area contributed by atoms with Gasteiger partial charge in [0.05, 0.1) is 0 Å². The molecular weight excluding hydrogens is 138 g/mol. The molecule has 0 heterocycles. The molecule has 0 unspecified atom stereocenters. The van der Waals surface area contributed by atoms with E-state index in [1.807, 2.05) is 19.1 Å². The SMILES string of the molecule is Cc1cccc(C=C=N)c1O. The lowest BCUT2D eigenvalue weighted by Crippen LogP contribution is -1.78. The summed E-state index contributed by atoms with van der Waals surface area (Å²) < 4.78 is 0. The molecule has 56 valence electrons. The van der Waals surface area contributed by atoms with Crippen LogP contribution in [0.4, 0.5) is 0 Å². The smallest absolute Gasteiger partial charge is 0.126 e. The fourth-order valence-corrected chi connectivity index (χ4v) is 0.876. The first-order chi connectivity index (χ1) is 5.25. The van der Waals surface area contributed by atoms with Gasteiger partial charge in [0.1, 0.15) is 5.75 Å². The van der Waals surface area contributed by atoms with Crippen LogP contribution in [0.3, 0.4) is 0 Å². The van der Waals surface area contributed by atoms with E-state index in [2.05, 4.69) is 5.87 Å². The Labute approximate surface area is 65.3 Å². The van der Waals surface area contributed by atoms with Gasteiger partial charge in [-0.15, -0.1) is 0 Å². The molecule has 0 aliphatic rings. The molecule has 0 bridgehead atoms. The van der Waals surface area contributed by atoms with Gasteiger partial charge in [0.25, 0.3) is 0 Å². The average Bonchev–Trinajstić information content (AvgIpc) is 1.99. The minimum Gasteiger partial charge on any atom is -0.507 e. The van der Waals surface area contributed by atoms with Gasteiger partial charge in [0.15, 0.2) is 0 Å². The topological polar surface area (TPSA) is 44.1 Å². The predicted octanol–water partition coefficient (Wildman–Crippen LogP) is 1.96. The third-order valence-electron chi connectivity index (χ3n) is 1.50. The summed E-state index contributed by atoms with van der Waals surface area (Å²) >= 11 is 0. The second-order valence-electron chi connectivity index (χ2n) is 2.30. The molecule has 0 saturated heterocycles. The molecule has 2 N–H and O–H groups in total. The van der Waals surface area contributed by atoms with E-state index in [4.69, 9.17) is 5.41 Å². The number of phenolic OH excluding ortho intramolecular Hbond substituents is 1. The second-order valence-corrected chi connectivity index (χ2v) is 2.30. The monoisotopic (exact) mass is 147 g/mol. The summed E-state index contributed by atoms with van der Waals surface area (Å²) in [5.74, 6) is 2.35. The maximum Gasteiger partial charge on any atom is 0.126 e. The lowest BCUT2D eigenvalue weighted by molar-refractivity contribution is 0.470. The molecule has 0 spiro atoms. The molecule has 0 aromatic heterocycles. The fraction of sp³-hybridized carbons (Fsp3) is 0.111. The van der Waals surface area contributed by atoms with Crippen molar-refractivity contribution in [2.75, 3.05) is 0 Å². The van der Waals surface area contributed by atoms with Crippen molar-refractivity contribution in [1.29, 1.82) is 5.41 Å². The summed E-state index contributed by atoms with van der Waals surface area (Å²) in [6.45, 7) is 1.82. The van der Waals surface area contributed by atoms with E-state index >= 15 is 0 Å². The number of aromatic hydroxyl groups is 1. The van der Waals surface area contributed by atoms with Crippen LogP contribution in [-0.2, 0) is 0 Å². The van der Waals surface area contributed by atoms with Crippen molar-refractivity contribution >= 4 is 11.9 Å². The third kappa shape index (κ3) is 1.48. The first-order valence-corrected chi connectivity index (χ1v) is 3.29. The van der Waals surface area contributed by atoms with Gasteiger partial charge in [0.2, 0.25) is 0 Å². The molecular formula is C9H9NO. The fourth-order valence-electron chi connectivity index (χ4n) is 0.876. The van der Waals surface area contributed by atoms with E-state index < -0.39 is 0 Å². The van der Waals surface area contributed by atoms with Crippen LogP contribution in [0.1, 0.15) is 11.1 Å². The van der Waals surface area contributed by atoms with E-state index in [9.17, 15) is 5.11 Å². The highest BCUT2D eigenvalue weighted by Crippen LogP contribution is 2.21. The molecule has 0 radical (unpaired) electrons. The highest BCUT2D eigenvalue weighted by atomic mass is 16.3. The number of benzene rings is 1. The highest BCUT2D eigenvalue weighted by molar-refractivity contribution is 5.78. The number of phenols is 1. The van der Waals surface area contributed by atoms with Gasteiger partial charge in [0, 0.05) is 11.6 Å². The number of hydrogen-bond donors (Lipinski definition) is 2. The van der Waals surface area contributed by atoms with Crippen molar-refractivity contribution in [1.82, 2.24) is 0 Å². The molecule has 11 heavy (non-hydrogen) atoms. The van der Waals surface area contributed by atoms with Crippen molar-refractivity contribution in [3.8, 4) is 5.75 Å². The van der Waals surface area contributed by atoms with E-state index in [0.717, 1.165) is 5.56 Å². The Bertz CT molecular complexity index is 311. The summed E-state index contributed by atoms with van der Waals surface area (Å²) in [4.78, 5) is 0. The van der Waals surface area contributed by atoms with Crippen molar-refractivity contribution in [2.45, 2.75) is 6.92 Å². The summed E-state index contributed by atoms with van der Waals surface area (Å²) in [5.41, 5.74) is 1.45. The number of aryl methyl sites for hydroxylation is 1. The Hall–Kier alpha value is -1.53. The molecule has 1 aromatic carbocycles. The van der Waals surface area contributed by atoms with Crippen molar-refractivity contribution in [3.63, 3.8) is 0 Å². The van der Waals surface area contributed by atoms with Crippen LogP contribution in [0.15, 0.2) is 18.2 Å². The molecule has 0 aliphatic carbocycles. The van der Waals surface area contributed by atoms with Gasteiger partial charge in [-0.1, -0.05) is 18.2 Å². The van der Waals surface area contributed by atoms with Crippen LogP contribution in [0.25, 0.3) is 6.08 Å². The van der Waals surface area contributed by atoms with Crippen LogP contribution >= 0.6 is 0 Å². The molecule has 0 aliphatic heterocycles. The van der Waals surface area contributed by atoms with E-state index in [0.29, 0.717) is 5.56 Å². The minimum atomic E-state index is 0.229. The molecule has 0 amide bonds. The first kappa shape index (κ1) is 7.58. The maximum absolute atomic E-state index is 9.37. The Morgan fingerprint density at radius 2 is 2.27 bits per heavy atom. The van der Waals surface area contributed by atoms with Crippen LogP contribution in [0, 0.1) is 12.3 Å². The number of para-hydroxylation sites is 1. The summed E-state index contributed by atoms with van der Waals surface area (Å²) in [7, 11) is 0. The largest absolute Gasteiger partial charge is 0.507 e. The minimum absolute atomic E-state index is 0.229. The summed E-state index contributed by atoms with van der Waals surface area (Å²) in [5, 5.41) is 16.1. The highest BCUT2D eigenvalue weighted by Gasteiger charge is 1.98. The average molecular weight is 147 g/mol. The van der Waals surface area contributed by atoms with Crippen LogP contribution in [0.5, 0.6) is 5.75 Å². The van der Waals surface area contributed by atoms with Crippen molar-refractivity contribution in [2.24, 2.45) is 0 Å². The van der Waals surface area contributed by atoms with Crippen molar-refractivity contribution in [3.05, 3.63) is 29.3 Å². The van der Waals surface area contributed by atoms with E-state index in [-0.39, 0.29) is 5.75 Å². The number of hydrogen-bond acceptors (Lipinski definition) is 2. The Morgan fingerprint density at radius 3 is 2.91 bits per heavy atom. The molecule has 2 nitrogen and oxygen atoms in total. The lowest BCUT2D eigenvalue weighted by atomic mass is 10.1. The third-order valence-corrected chi connectivity index (χ3v) is 1.50. The van der Waals surface area contributed by atoms with Gasteiger partial charge in [-0.3, -0.25) is 5.41 Å². The molecule has 1 rings (SSSR count). The standard InChI is InChI=1S/C9H9NO/c1-7-3-2-4-8(5-6-10)9(7)11/h2-5,10-11H,1H3. The summed E-state index contributed by atoms with van der Waals surface area (Å²) in [6, 6.07) is 5.39. The molecule has 0 saturated carbocycles. The van der Waals surface area contributed by atoms with Crippen LogP contribution < -0.4 is 0 Å². The lowest BCUT2D eigenvalue weighted by Gasteiger charge is -1.99. The molecule has 1 aromatic rings. The second kappa shape index (κ2) is 3.04. The van der Waals surface area contributed by atoms with Crippen LogP contribution in [-0.4, -0.2) is 11.0 Å². The zero-order chi connectivity index (χ0) is 8.27. The molecule has 0 fully saturated rings. The predicted molar refractivity (Wildman–Crippen MR) is 45.0 cm³/mol. The van der Waals surface area contributed by atoms with E-state index in [1.54, 1.807) is 6.07 Å². The quantitative estimate of drug-likeness (QED) is 0.586. The van der Waals surface area contributed by atoms with Gasteiger partial charge < -0.3 is 5.11 Å². The zero-order valence-corrected chi connectivity index (χ0v) is 6.26. The number of nitrogens with one attached hydrogen (secondary N) is 1. The normalized spacial score (nSPS) is 8.82. The Kier molecular flexibility index (Phi) is 2.09. The van der Waals surface area contributed by atoms with Gasteiger partial charge >= 0.3 is 0 Å². The number of rotatable bonds is 1. The molecule has 0 atom stereocenters.